The number of ether oxygens (including phenoxy) is 1. The summed E-state index contributed by atoms with van der Waals surface area (Å²) < 4.78 is 5.35. The van der Waals surface area contributed by atoms with Crippen LogP contribution in [0.2, 0.25) is 5.02 Å². The lowest BCUT2D eigenvalue weighted by atomic mass is 10.2. The van der Waals surface area contributed by atoms with Crippen LogP contribution >= 0.6 is 11.6 Å². The van der Waals surface area contributed by atoms with Crippen LogP contribution in [0.5, 0.6) is 0 Å². The maximum atomic E-state index is 12.6. The first-order valence-corrected chi connectivity index (χ1v) is 6.71. The summed E-state index contributed by atoms with van der Waals surface area (Å²) in [6, 6.07) is 7.73. The highest BCUT2D eigenvalue weighted by molar-refractivity contribution is 6.38. The number of aromatic nitrogens is 1. The van der Waals surface area contributed by atoms with E-state index < -0.39 is 0 Å². The number of benzene rings is 1. The van der Waals surface area contributed by atoms with Crippen molar-refractivity contribution in [3.8, 4) is 0 Å². The molecule has 100 valence electrons. The Bertz CT molecular complexity index is 623. The molecule has 1 amide bonds. The highest BCUT2D eigenvalue weighted by Gasteiger charge is 2.27. The van der Waals surface area contributed by atoms with Gasteiger partial charge in [0.2, 0.25) is 0 Å². The zero-order valence-electron chi connectivity index (χ0n) is 10.6. The Morgan fingerprint density at radius 2 is 2.26 bits per heavy atom. The Hall–Kier alpha value is -1.52. The highest BCUT2D eigenvalue weighted by atomic mass is 35.5. The number of nitrogens with one attached hydrogen (secondary N) is 1. The fraction of sp³-hybridized carbons (Fsp3) is 0.357. The number of aromatic amines is 1. The molecule has 3 rings (SSSR count). The molecule has 4 nitrogen and oxygen atoms in total. The van der Waals surface area contributed by atoms with Gasteiger partial charge in [0.25, 0.3) is 5.91 Å². The van der Waals surface area contributed by atoms with Crippen molar-refractivity contribution in [2.75, 3.05) is 19.8 Å². The van der Waals surface area contributed by atoms with Crippen LogP contribution in [0.3, 0.4) is 0 Å². The average Bonchev–Trinajstić information content (AvgIpc) is 2.77. The van der Waals surface area contributed by atoms with Gasteiger partial charge in [-0.3, -0.25) is 4.79 Å². The molecule has 0 aliphatic carbocycles. The van der Waals surface area contributed by atoms with Gasteiger partial charge in [-0.1, -0.05) is 29.8 Å². The molecule has 1 atom stereocenters. The number of hydrogen-bond donors (Lipinski definition) is 1. The molecular formula is C14H15ClN2O2. The third-order valence-electron chi connectivity index (χ3n) is 3.49. The Balaban J connectivity index is 1.99. The minimum atomic E-state index is -0.0583. The Labute approximate surface area is 116 Å². The normalized spacial score (nSPS) is 19.9. The molecule has 2 aromatic rings. The van der Waals surface area contributed by atoms with Crippen molar-refractivity contribution in [3.05, 3.63) is 35.0 Å². The fourth-order valence-electron chi connectivity index (χ4n) is 2.43. The lowest BCUT2D eigenvalue weighted by Crippen LogP contribution is -2.47. The first-order valence-electron chi connectivity index (χ1n) is 6.33. The summed E-state index contributed by atoms with van der Waals surface area (Å²) in [5.41, 5.74) is 1.35. The summed E-state index contributed by atoms with van der Waals surface area (Å²) in [5, 5.41) is 1.38. The second kappa shape index (κ2) is 4.87. The number of nitrogens with zero attached hydrogens (tertiary/aromatic N) is 1. The molecule has 1 aliphatic rings. The zero-order chi connectivity index (χ0) is 13.4. The number of carbonyl (C=O) groups is 1. The Morgan fingerprint density at radius 3 is 3.00 bits per heavy atom. The minimum absolute atomic E-state index is 0.0583. The molecule has 0 saturated carbocycles. The topological polar surface area (TPSA) is 45.3 Å². The van der Waals surface area contributed by atoms with Crippen LogP contribution in [0.15, 0.2) is 24.3 Å². The van der Waals surface area contributed by atoms with Crippen LogP contribution in [0, 0.1) is 0 Å². The smallest absolute Gasteiger partial charge is 0.272 e. The number of H-pyrrole nitrogens is 1. The predicted molar refractivity (Wildman–Crippen MR) is 74.6 cm³/mol. The van der Waals surface area contributed by atoms with Gasteiger partial charge in [-0.15, -0.1) is 0 Å². The number of para-hydroxylation sites is 1. The number of amides is 1. The van der Waals surface area contributed by atoms with E-state index in [2.05, 4.69) is 4.98 Å². The first kappa shape index (κ1) is 12.5. The SMILES string of the molecule is C[C@H]1COCCN1C(=O)c1[nH]c2ccccc2c1Cl. The average molecular weight is 279 g/mol. The number of fused-ring (bicyclic) bond motifs is 1. The van der Waals surface area contributed by atoms with Crippen LogP contribution in [-0.4, -0.2) is 41.6 Å². The van der Waals surface area contributed by atoms with Crippen molar-refractivity contribution in [2.24, 2.45) is 0 Å². The quantitative estimate of drug-likeness (QED) is 0.872. The summed E-state index contributed by atoms with van der Waals surface area (Å²) in [6.07, 6.45) is 0. The van der Waals surface area contributed by atoms with Gasteiger partial charge < -0.3 is 14.6 Å². The molecule has 1 N–H and O–H groups in total. The van der Waals surface area contributed by atoms with E-state index in [0.717, 1.165) is 10.9 Å². The maximum absolute atomic E-state index is 12.6. The fourth-order valence-corrected chi connectivity index (χ4v) is 2.72. The molecule has 1 saturated heterocycles. The zero-order valence-corrected chi connectivity index (χ0v) is 11.4. The molecule has 0 spiro atoms. The van der Waals surface area contributed by atoms with E-state index in [1.807, 2.05) is 31.2 Å². The van der Waals surface area contributed by atoms with Gasteiger partial charge in [0.15, 0.2) is 0 Å². The Morgan fingerprint density at radius 1 is 1.47 bits per heavy atom. The van der Waals surface area contributed by atoms with Crippen molar-refractivity contribution in [3.63, 3.8) is 0 Å². The van der Waals surface area contributed by atoms with Crippen molar-refractivity contribution < 1.29 is 9.53 Å². The second-order valence-electron chi connectivity index (χ2n) is 4.78. The minimum Gasteiger partial charge on any atom is -0.377 e. The molecule has 0 radical (unpaired) electrons. The summed E-state index contributed by atoms with van der Waals surface area (Å²) in [4.78, 5) is 17.5. The molecule has 5 heteroatoms. The van der Waals surface area contributed by atoms with E-state index in [-0.39, 0.29) is 11.9 Å². The van der Waals surface area contributed by atoms with Crippen molar-refractivity contribution in [1.82, 2.24) is 9.88 Å². The highest BCUT2D eigenvalue weighted by Crippen LogP contribution is 2.28. The second-order valence-corrected chi connectivity index (χ2v) is 5.16. The van der Waals surface area contributed by atoms with Gasteiger partial charge in [0, 0.05) is 17.4 Å². The molecule has 1 aromatic heterocycles. The van der Waals surface area contributed by atoms with Gasteiger partial charge in [0.1, 0.15) is 5.69 Å². The van der Waals surface area contributed by atoms with Gasteiger partial charge in [-0.2, -0.15) is 0 Å². The monoisotopic (exact) mass is 278 g/mol. The molecule has 1 aliphatic heterocycles. The summed E-state index contributed by atoms with van der Waals surface area (Å²) in [5.74, 6) is -0.0583. The summed E-state index contributed by atoms with van der Waals surface area (Å²) in [7, 11) is 0. The van der Waals surface area contributed by atoms with Crippen LogP contribution in [0.1, 0.15) is 17.4 Å². The number of morpholine rings is 1. The van der Waals surface area contributed by atoms with Gasteiger partial charge in [-0.05, 0) is 13.0 Å². The van der Waals surface area contributed by atoms with Crippen molar-refractivity contribution in [1.29, 1.82) is 0 Å². The Kier molecular flexibility index (Phi) is 3.21. The lowest BCUT2D eigenvalue weighted by Gasteiger charge is -2.33. The standard InChI is InChI=1S/C14H15ClN2O2/c1-9-8-19-7-6-17(9)14(18)13-12(15)10-4-2-3-5-11(10)16-13/h2-5,9,16H,6-8H2,1H3/t9-/m0/s1. The third-order valence-corrected chi connectivity index (χ3v) is 3.88. The van der Waals surface area contributed by atoms with E-state index in [4.69, 9.17) is 16.3 Å². The van der Waals surface area contributed by atoms with Gasteiger partial charge in [-0.25, -0.2) is 0 Å². The molecule has 1 fully saturated rings. The van der Waals surface area contributed by atoms with Crippen LogP contribution < -0.4 is 0 Å². The van der Waals surface area contributed by atoms with Gasteiger partial charge in [0.05, 0.1) is 24.3 Å². The molecule has 0 unspecified atom stereocenters. The number of rotatable bonds is 1. The molecule has 1 aromatic carbocycles. The molecule has 19 heavy (non-hydrogen) atoms. The van der Waals surface area contributed by atoms with Crippen molar-refractivity contribution in [2.45, 2.75) is 13.0 Å². The van der Waals surface area contributed by atoms with Gasteiger partial charge >= 0.3 is 0 Å². The number of halogens is 1. The van der Waals surface area contributed by atoms with Crippen molar-refractivity contribution >= 4 is 28.4 Å². The predicted octanol–water partition coefficient (Wildman–Crippen LogP) is 2.68. The largest absolute Gasteiger partial charge is 0.377 e. The van der Waals surface area contributed by atoms with E-state index in [1.165, 1.54) is 0 Å². The van der Waals surface area contributed by atoms with E-state index in [0.29, 0.717) is 30.5 Å². The lowest BCUT2D eigenvalue weighted by molar-refractivity contribution is 0.00333. The van der Waals surface area contributed by atoms with E-state index >= 15 is 0 Å². The molecule has 0 bridgehead atoms. The molecule has 2 heterocycles. The van der Waals surface area contributed by atoms with Crippen LogP contribution in [0.25, 0.3) is 10.9 Å². The third kappa shape index (κ3) is 2.11. The number of hydrogen-bond acceptors (Lipinski definition) is 2. The summed E-state index contributed by atoms with van der Waals surface area (Å²) in [6.45, 7) is 3.73. The van der Waals surface area contributed by atoms with Crippen LogP contribution in [0.4, 0.5) is 0 Å². The first-order chi connectivity index (χ1) is 9.18. The molecular weight excluding hydrogens is 264 g/mol. The maximum Gasteiger partial charge on any atom is 0.272 e. The van der Waals surface area contributed by atoms with E-state index in [1.54, 1.807) is 4.90 Å². The number of carbonyl (C=O) groups excluding carboxylic acids is 1. The summed E-state index contributed by atoms with van der Waals surface area (Å²) >= 11 is 6.31. The van der Waals surface area contributed by atoms with Crippen LogP contribution in [-0.2, 0) is 4.74 Å². The van der Waals surface area contributed by atoms with E-state index in [9.17, 15) is 4.79 Å².